The summed E-state index contributed by atoms with van der Waals surface area (Å²) in [6.07, 6.45) is 1.81. The van der Waals surface area contributed by atoms with Crippen molar-refractivity contribution < 1.29 is 4.79 Å². The van der Waals surface area contributed by atoms with E-state index in [4.69, 9.17) is 5.10 Å². The van der Waals surface area contributed by atoms with Crippen molar-refractivity contribution in [1.82, 2.24) is 24.6 Å². The molecule has 34 heavy (non-hydrogen) atoms. The quantitative estimate of drug-likeness (QED) is 0.450. The molecule has 1 fully saturated rings. The maximum Gasteiger partial charge on any atom is 0.244 e. The van der Waals surface area contributed by atoms with E-state index < -0.39 is 0 Å². The predicted octanol–water partition coefficient (Wildman–Crippen LogP) is 4.37. The van der Waals surface area contributed by atoms with E-state index >= 15 is 0 Å². The molecule has 1 saturated heterocycles. The molecule has 0 bridgehead atoms. The second-order valence-electron chi connectivity index (χ2n) is 9.31. The molecule has 0 spiro atoms. The van der Waals surface area contributed by atoms with Gasteiger partial charge in [-0.3, -0.25) is 9.69 Å². The normalized spacial score (nSPS) is 14.6. The molecule has 0 radical (unpaired) electrons. The molecular weight excluding hydrogens is 422 g/mol. The zero-order chi connectivity index (χ0) is 23.7. The smallest absolute Gasteiger partial charge is 0.244 e. The van der Waals surface area contributed by atoms with Crippen LogP contribution in [0, 0.1) is 20.8 Å². The van der Waals surface area contributed by atoms with Gasteiger partial charge in [0.15, 0.2) is 5.65 Å². The number of carbonyl (C=O) groups excluding carboxylic acids is 1. The van der Waals surface area contributed by atoms with E-state index in [1.165, 1.54) is 16.7 Å². The summed E-state index contributed by atoms with van der Waals surface area (Å²) in [5, 5.41) is 5.72. The first-order valence-corrected chi connectivity index (χ1v) is 11.9. The van der Waals surface area contributed by atoms with Crippen LogP contribution in [-0.4, -0.2) is 56.7 Å². The third-order valence-corrected chi connectivity index (χ3v) is 6.71. The zero-order valence-corrected chi connectivity index (χ0v) is 20.2. The van der Waals surface area contributed by atoms with Crippen LogP contribution < -0.4 is 0 Å². The predicted molar refractivity (Wildman–Crippen MR) is 135 cm³/mol. The summed E-state index contributed by atoms with van der Waals surface area (Å²) in [7, 11) is 0. The van der Waals surface area contributed by atoms with Crippen molar-refractivity contribution in [1.29, 1.82) is 0 Å². The lowest BCUT2D eigenvalue weighted by Gasteiger charge is -2.34. The number of rotatable bonds is 5. The van der Waals surface area contributed by atoms with Gasteiger partial charge in [0, 0.05) is 44.3 Å². The van der Waals surface area contributed by atoms with Crippen molar-refractivity contribution in [2.24, 2.45) is 0 Å². The Morgan fingerprint density at radius 3 is 2.18 bits per heavy atom. The van der Waals surface area contributed by atoms with E-state index in [2.05, 4.69) is 72.3 Å². The first-order valence-electron chi connectivity index (χ1n) is 11.9. The highest BCUT2D eigenvalue weighted by Gasteiger charge is 2.23. The highest BCUT2D eigenvalue weighted by atomic mass is 16.2. The van der Waals surface area contributed by atoms with E-state index in [0.717, 1.165) is 60.6 Å². The van der Waals surface area contributed by atoms with Crippen LogP contribution in [0.2, 0.25) is 0 Å². The molecule has 0 unspecified atom stereocenters. The fraction of sp³-hybridized carbons (Fsp3) is 0.321. The summed E-state index contributed by atoms with van der Waals surface area (Å²) in [5.41, 5.74) is 7.73. The summed E-state index contributed by atoms with van der Waals surface area (Å²) >= 11 is 0. The summed E-state index contributed by atoms with van der Waals surface area (Å²) in [6.45, 7) is 10.6. The summed E-state index contributed by atoms with van der Waals surface area (Å²) in [6, 6.07) is 19.2. The SMILES string of the molecule is Cc1ccc(CN2CCN(C(=O)Cn3nc(C)c4c(-c5ccc(C)cc5)ccnc43)CC2)cc1. The van der Waals surface area contributed by atoms with E-state index in [9.17, 15) is 4.79 Å². The van der Waals surface area contributed by atoms with Gasteiger partial charge < -0.3 is 4.90 Å². The Hall–Kier alpha value is -3.51. The van der Waals surface area contributed by atoms with E-state index in [1.54, 1.807) is 4.68 Å². The summed E-state index contributed by atoms with van der Waals surface area (Å²) in [4.78, 5) is 22.1. The number of hydrogen-bond donors (Lipinski definition) is 0. The van der Waals surface area contributed by atoms with Gasteiger partial charge in [-0.15, -0.1) is 0 Å². The average molecular weight is 454 g/mol. The van der Waals surface area contributed by atoms with Gasteiger partial charge in [0.1, 0.15) is 6.54 Å². The Bertz CT molecular complexity index is 1300. The molecule has 0 N–H and O–H groups in total. The molecular formula is C28H31N5O. The number of aromatic nitrogens is 3. The molecule has 1 amide bonds. The van der Waals surface area contributed by atoms with Gasteiger partial charge >= 0.3 is 0 Å². The van der Waals surface area contributed by atoms with E-state index in [-0.39, 0.29) is 12.5 Å². The number of nitrogens with zero attached hydrogens (tertiary/aromatic N) is 5. The Morgan fingerprint density at radius 1 is 0.853 bits per heavy atom. The maximum absolute atomic E-state index is 13.1. The molecule has 1 aliphatic heterocycles. The fourth-order valence-corrected chi connectivity index (χ4v) is 4.70. The van der Waals surface area contributed by atoms with Crippen LogP contribution in [0.1, 0.15) is 22.4 Å². The van der Waals surface area contributed by atoms with Crippen molar-refractivity contribution in [3.05, 3.63) is 83.2 Å². The number of carbonyl (C=O) groups is 1. The largest absolute Gasteiger partial charge is 0.339 e. The number of amides is 1. The van der Waals surface area contributed by atoms with Crippen LogP contribution in [0.4, 0.5) is 0 Å². The Morgan fingerprint density at radius 2 is 1.50 bits per heavy atom. The van der Waals surface area contributed by atoms with Crippen LogP contribution >= 0.6 is 0 Å². The second kappa shape index (κ2) is 9.39. The van der Waals surface area contributed by atoms with Gasteiger partial charge in [-0.25, -0.2) is 9.67 Å². The lowest BCUT2D eigenvalue weighted by Crippen LogP contribution is -2.49. The molecule has 2 aromatic carbocycles. The van der Waals surface area contributed by atoms with Crippen LogP contribution in [0.3, 0.4) is 0 Å². The number of hydrogen-bond acceptors (Lipinski definition) is 4. The van der Waals surface area contributed by atoms with Gasteiger partial charge in [-0.2, -0.15) is 5.10 Å². The third-order valence-electron chi connectivity index (χ3n) is 6.71. The maximum atomic E-state index is 13.1. The van der Waals surface area contributed by atoms with Crippen LogP contribution in [0.15, 0.2) is 60.8 Å². The molecule has 2 aromatic heterocycles. The van der Waals surface area contributed by atoms with Gasteiger partial charge in [-0.1, -0.05) is 59.7 Å². The molecule has 0 saturated carbocycles. The highest BCUT2D eigenvalue weighted by molar-refractivity contribution is 5.95. The Kier molecular flexibility index (Phi) is 6.16. The number of piperazine rings is 1. The van der Waals surface area contributed by atoms with Crippen LogP contribution in [-0.2, 0) is 17.9 Å². The molecule has 6 heteroatoms. The molecule has 1 aliphatic rings. The average Bonchev–Trinajstić information content (AvgIpc) is 3.17. The second-order valence-corrected chi connectivity index (χ2v) is 9.31. The minimum Gasteiger partial charge on any atom is -0.339 e. The van der Waals surface area contributed by atoms with E-state index in [1.807, 2.05) is 24.1 Å². The van der Waals surface area contributed by atoms with Crippen LogP contribution in [0.25, 0.3) is 22.2 Å². The number of aryl methyl sites for hydroxylation is 3. The molecule has 5 rings (SSSR count). The summed E-state index contributed by atoms with van der Waals surface area (Å²) < 4.78 is 1.77. The Balaban J connectivity index is 1.27. The Labute approximate surface area is 200 Å². The minimum absolute atomic E-state index is 0.0990. The molecule has 6 nitrogen and oxygen atoms in total. The van der Waals surface area contributed by atoms with Crippen molar-refractivity contribution in [2.45, 2.75) is 33.9 Å². The lowest BCUT2D eigenvalue weighted by molar-refractivity contribution is -0.133. The minimum atomic E-state index is 0.0990. The monoisotopic (exact) mass is 453 g/mol. The summed E-state index contributed by atoms with van der Waals surface area (Å²) in [5.74, 6) is 0.0990. The number of fused-ring (bicyclic) bond motifs is 1. The van der Waals surface area contributed by atoms with Crippen LogP contribution in [0.5, 0.6) is 0 Å². The van der Waals surface area contributed by atoms with Crippen molar-refractivity contribution >= 4 is 16.9 Å². The van der Waals surface area contributed by atoms with Gasteiger partial charge in [0.25, 0.3) is 0 Å². The van der Waals surface area contributed by atoms with Gasteiger partial charge in [-0.05, 0) is 43.5 Å². The molecule has 0 atom stereocenters. The molecule has 174 valence electrons. The zero-order valence-electron chi connectivity index (χ0n) is 20.2. The highest BCUT2D eigenvalue weighted by Crippen LogP contribution is 2.30. The topological polar surface area (TPSA) is 54.3 Å². The van der Waals surface area contributed by atoms with Gasteiger partial charge in [0.2, 0.25) is 5.91 Å². The third kappa shape index (κ3) is 4.59. The van der Waals surface area contributed by atoms with Crippen molar-refractivity contribution in [2.75, 3.05) is 26.2 Å². The molecule has 4 aromatic rings. The lowest BCUT2D eigenvalue weighted by atomic mass is 10.0. The fourth-order valence-electron chi connectivity index (χ4n) is 4.70. The van der Waals surface area contributed by atoms with Crippen molar-refractivity contribution in [3.63, 3.8) is 0 Å². The molecule has 3 heterocycles. The number of benzene rings is 2. The standard InChI is InChI=1S/C28H31N5O/c1-20-4-8-23(9-5-20)18-31-14-16-32(17-15-31)26(34)19-33-28-27(22(3)30-33)25(12-13-29-28)24-10-6-21(2)7-11-24/h4-13H,14-19H2,1-3H3. The first kappa shape index (κ1) is 22.3. The van der Waals surface area contributed by atoms with Crippen molar-refractivity contribution in [3.8, 4) is 11.1 Å². The van der Waals surface area contributed by atoms with Gasteiger partial charge in [0.05, 0.1) is 5.69 Å². The number of pyridine rings is 1. The van der Waals surface area contributed by atoms with E-state index in [0.29, 0.717) is 0 Å². The molecule has 0 aliphatic carbocycles. The first-order chi connectivity index (χ1) is 16.5.